The average Bonchev–Trinajstić information content (AvgIpc) is 2.36. The van der Waals surface area contributed by atoms with Crippen molar-refractivity contribution in [2.45, 2.75) is 30.4 Å². The number of rotatable bonds is 6. The van der Waals surface area contributed by atoms with Crippen LogP contribution in [0.2, 0.25) is 0 Å². The summed E-state index contributed by atoms with van der Waals surface area (Å²) in [5, 5.41) is 0. The van der Waals surface area contributed by atoms with Crippen molar-refractivity contribution in [3.8, 4) is 5.75 Å². The van der Waals surface area contributed by atoms with Gasteiger partial charge in [0.05, 0.1) is 12.7 Å². The van der Waals surface area contributed by atoms with Gasteiger partial charge in [-0.05, 0) is 38.1 Å². The molecule has 0 aliphatic rings. The van der Waals surface area contributed by atoms with Crippen LogP contribution in [0.15, 0.2) is 29.2 Å². The molecular weight excluding hydrogens is 234 g/mol. The van der Waals surface area contributed by atoms with E-state index in [9.17, 15) is 0 Å². The van der Waals surface area contributed by atoms with E-state index in [2.05, 4.69) is 0 Å². The van der Waals surface area contributed by atoms with Crippen molar-refractivity contribution < 1.29 is 9.47 Å². The lowest BCUT2D eigenvalue weighted by Crippen LogP contribution is -2.46. The molecule has 0 spiro atoms. The number of hydrogen-bond acceptors (Lipinski definition) is 4. The van der Waals surface area contributed by atoms with Crippen molar-refractivity contribution in [2.75, 3.05) is 20.0 Å². The fourth-order valence-corrected chi connectivity index (χ4v) is 2.31. The van der Waals surface area contributed by atoms with Gasteiger partial charge in [0.25, 0.3) is 0 Å². The third-order valence-electron chi connectivity index (χ3n) is 2.91. The topological polar surface area (TPSA) is 44.5 Å². The van der Waals surface area contributed by atoms with Gasteiger partial charge in [-0.1, -0.05) is 0 Å². The van der Waals surface area contributed by atoms with E-state index in [1.807, 2.05) is 38.1 Å². The molecule has 2 N–H and O–H groups in total. The van der Waals surface area contributed by atoms with Crippen molar-refractivity contribution in [2.24, 2.45) is 5.73 Å². The van der Waals surface area contributed by atoms with Gasteiger partial charge in [0.2, 0.25) is 0 Å². The molecule has 17 heavy (non-hydrogen) atoms. The summed E-state index contributed by atoms with van der Waals surface area (Å²) >= 11 is 1.73. The minimum Gasteiger partial charge on any atom is -0.497 e. The van der Waals surface area contributed by atoms with Crippen LogP contribution in [0.25, 0.3) is 0 Å². The van der Waals surface area contributed by atoms with Gasteiger partial charge in [-0.25, -0.2) is 0 Å². The summed E-state index contributed by atoms with van der Waals surface area (Å²) in [5.74, 6) is 1.70. The van der Waals surface area contributed by atoms with Crippen LogP contribution in [-0.2, 0) is 4.74 Å². The number of nitrogens with two attached hydrogens (primary N) is 1. The smallest absolute Gasteiger partial charge is 0.118 e. The first-order valence-corrected chi connectivity index (χ1v) is 6.55. The summed E-state index contributed by atoms with van der Waals surface area (Å²) in [4.78, 5) is 1.19. The Hall–Kier alpha value is -0.710. The lowest BCUT2D eigenvalue weighted by molar-refractivity contribution is 0.00667. The van der Waals surface area contributed by atoms with Gasteiger partial charge in [0, 0.05) is 23.8 Å². The van der Waals surface area contributed by atoms with E-state index in [4.69, 9.17) is 15.2 Å². The monoisotopic (exact) mass is 255 g/mol. The van der Waals surface area contributed by atoms with Crippen LogP contribution in [0.3, 0.4) is 0 Å². The Balaban J connectivity index is 2.50. The highest BCUT2D eigenvalue weighted by molar-refractivity contribution is 7.99. The second-order valence-corrected chi connectivity index (χ2v) is 5.49. The van der Waals surface area contributed by atoms with Crippen LogP contribution in [0.4, 0.5) is 0 Å². The zero-order valence-electron chi connectivity index (χ0n) is 10.9. The molecule has 96 valence electrons. The molecule has 0 saturated heterocycles. The molecule has 0 aliphatic heterocycles. The first-order valence-electron chi connectivity index (χ1n) is 5.57. The third kappa shape index (κ3) is 4.22. The molecule has 1 atom stereocenters. The predicted molar refractivity (Wildman–Crippen MR) is 72.8 cm³/mol. The molecule has 1 rings (SSSR count). The quantitative estimate of drug-likeness (QED) is 0.793. The van der Waals surface area contributed by atoms with Crippen molar-refractivity contribution in [3.05, 3.63) is 24.3 Å². The van der Waals surface area contributed by atoms with Gasteiger partial charge in [-0.3, -0.25) is 0 Å². The summed E-state index contributed by atoms with van der Waals surface area (Å²) in [6, 6.07) is 7.98. The van der Waals surface area contributed by atoms with E-state index in [0.29, 0.717) is 0 Å². The van der Waals surface area contributed by atoms with Gasteiger partial charge in [0.15, 0.2) is 0 Å². The van der Waals surface area contributed by atoms with E-state index in [1.54, 1.807) is 26.0 Å². The fraction of sp³-hybridized carbons (Fsp3) is 0.538. The molecule has 0 aromatic heterocycles. The van der Waals surface area contributed by atoms with Crippen LogP contribution in [0, 0.1) is 0 Å². The zero-order chi connectivity index (χ0) is 12.9. The highest BCUT2D eigenvalue weighted by Gasteiger charge is 2.25. The molecule has 4 heteroatoms. The third-order valence-corrected chi connectivity index (χ3v) is 4.04. The maximum atomic E-state index is 6.10. The van der Waals surface area contributed by atoms with Crippen LogP contribution in [0.1, 0.15) is 13.8 Å². The van der Waals surface area contributed by atoms with Gasteiger partial charge >= 0.3 is 0 Å². The molecule has 1 aromatic carbocycles. The Kier molecular flexibility index (Phi) is 5.31. The second kappa shape index (κ2) is 6.28. The maximum absolute atomic E-state index is 6.10. The van der Waals surface area contributed by atoms with Crippen molar-refractivity contribution in [1.29, 1.82) is 0 Å². The summed E-state index contributed by atoms with van der Waals surface area (Å²) in [5.41, 5.74) is 5.80. The van der Waals surface area contributed by atoms with Crippen molar-refractivity contribution >= 4 is 11.8 Å². The van der Waals surface area contributed by atoms with Crippen LogP contribution in [0.5, 0.6) is 5.75 Å². The van der Waals surface area contributed by atoms with Crippen LogP contribution >= 0.6 is 11.8 Å². The van der Waals surface area contributed by atoms with Gasteiger partial charge < -0.3 is 15.2 Å². The normalized spacial score (nSPS) is 13.5. The lowest BCUT2D eigenvalue weighted by Gasteiger charge is -2.29. The molecular formula is C13H21NO2S. The number of methoxy groups -OCH3 is 2. The summed E-state index contributed by atoms with van der Waals surface area (Å²) in [7, 11) is 3.36. The number of thioether (sulfide) groups is 1. The molecule has 0 fully saturated rings. The van der Waals surface area contributed by atoms with Gasteiger partial charge in [-0.2, -0.15) is 0 Å². The van der Waals surface area contributed by atoms with E-state index in [1.165, 1.54) is 4.90 Å². The first-order chi connectivity index (χ1) is 7.99. The minimum atomic E-state index is -0.292. The van der Waals surface area contributed by atoms with Crippen LogP contribution < -0.4 is 10.5 Å². The fourth-order valence-electron chi connectivity index (χ4n) is 1.21. The predicted octanol–water partition coefficient (Wildman–Crippen LogP) is 2.54. The van der Waals surface area contributed by atoms with Gasteiger partial charge in [0.1, 0.15) is 5.75 Å². The first kappa shape index (κ1) is 14.4. The van der Waals surface area contributed by atoms with Crippen molar-refractivity contribution in [3.63, 3.8) is 0 Å². The summed E-state index contributed by atoms with van der Waals surface area (Å²) in [6.45, 7) is 4.01. The Bertz CT molecular complexity index is 338. The molecule has 0 saturated carbocycles. The van der Waals surface area contributed by atoms with E-state index < -0.39 is 0 Å². The Morgan fingerprint density at radius 1 is 1.24 bits per heavy atom. The Labute approximate surface area is 108 Å². The average molecular weight is 255 g/mol. The summed E-state index contributed by atoms with van der Waals surface area (Å²) in [6.07, 6.45) is 0. The molecule has 1 unspecified atom stereocenters. The molecule has 0 radical (unpaired) electrons. The van der Waals surface area contributed by atoms with Gasteiger partial charge in [-0.15, -0.1) is 11.8 Å². The molecule has 3 nitrogen and oxygen atoms in total. The van der Waals surface area contributed by atoms with Crippen LogP contribution in [-0.4, -0.2) is 31.6 Å². The second-order valence-electron chi connectivity index (χ2n) is 4.40. The number of benzene rings is 1. The number of ether oxygens (including phenoxy) is 2. The summed E-state index contributed by atoms with van der Waals surface area (Å²) < 4.78 is 10.5. The Morgan fingerprint density at radius 3 is 2.29 bits per heavy atom. The van der Waals surface area contributed by atoms with E-state index in [0.717, 1.165) is 11.5 Å². The maximum Gasteiger partial charge on any atom is 0.118 e. The zero-order valence-corrected chi connectivity index (χ0v) is 11.7. The van der Waals surface area contributed by atoms with E-state index in [-0.39, 0.29) is 11.6 Å². The molecule has 0 aliphatic carbocycles. The Morgan fingerprint density at radius 2 is 1.82 bits per heavy atom. The molecule has 0 heterocycles. The lowest BCUT2D eigenvalue weighted by atomic mass is 10.0. The highest BCUT2D eigenvalue weighted by Crippen LogP contribution is 2.24. The SMILES string of the molecule is COc1ccc(SCC(N)C(C)(C)OC)cc1. The highest BCUT2D eigenvalue weighted by atomic mass is 32.2. The van der Waals surface area contributed by atoms with Crippen molar-refractivity contribution in [1.82, 2.24) is 0 Å². The van der Waals surface area contributed by atoms with E-state index >= 15 is 0 Å². The molecule has 0 bridgehead atoms. The minimum absolute atomic E-state index is 0.000369. The standard InChI is InChI=1S/C13H21NO2S/c1-13(2,16-4)12(14)9-17-11-7-5-10(15-3)6-8-11/h5-8,12H,9,14H2,1-4H3. The largest absolute Gasteiger partial charge is 0.497 e. The molecule has 1 aromatic rings. The molecule has 0 amide bonds. The number of hydrogen-bond donors (Lipinski definition) is 1.